The fourth-order valence-corrected chi connectivity index (χ4v) is 7.45. The molecule has 7 nitrogen and oxygen atoms in total. The molecule has 0 radical (unpaired) electrons. The summed E-state index contributed by atoms with van der Waals surface area (Å²) in [5.41, 5.74) is 3.12. The summed E-state index contributed by atoms with van der Waals surface area (Å²) < 4.78 is 51.3. The minimum Gasteiger partial charge on any atom is -0.744 e. The lowest BCUT2D eigenvalue weighted by molar-refractivity contribution is -0.692. The van der Waals surface area contributed by atoms with Gasteiger partial charge < -0.3 is 18.8 Å². The van der Waals surface area contributed by atoms with Crippen molar-refractivity contribution in [3.05, 3.63) is 46.9 Å². The smallest absolute Gasteiger partial charge is 0.224 e. The Bertz CT molecular complexity index is 1130. The van der Waals surface area contributed by atoms with Gasteiger partial charge in [-0.25, -0.2) is 8.42 Å². The van der Waals surface area contributed by atoms with Gasteiger partial charge in [0.15, 0.2) is 6.20 Å². The van der Waals surface area contributed by atoms with E-state index in [1.54, 1.807) is 23.5 Å². The molecule has 1 aromatic carbocycles. The number of nitrogens with zero attached hydrogens (tertiary/aromatic N) is 1. The fraction of sp³-hybridized carbons (Fsp3) is 0.780. The molecule has 0 amide bonds. The van der Waals surface area contributed by atoms with Crippen molar-refractivity contribution >= 4 is 21.5 Å². The van der Waals surface area contributed by atoms with E-state index in [2.05, 4.69) is 28.6 Å². The lowest BCUT2D eigenvalue weighted by Crippen LogP contribution is -2.29. The molecule has 1 fully saturated rings. The van der Waals surface area contributed by atoms with Crippen LogP contribution < -0.4 is 4.57 Å². The van der Waals surface area contributed by atoms with Gasteiger partial charge in [0.25, 0.3) is 0 Å². The number of thiazole rings is 1. The molecule has 1 aliphatic rings. The molecule has 0 N–H and O–H groups in total. The van der Waals surface area contributed by atoms with Crippen molar-refractivity contribution in [2.75, 3.05) is 33.0 Å². The predicted molar refractivity (Wildman–Crippen MR) is 206 cm³/mol. The fourth-order valence-electron chi connectivity index (χ4n) is 6.35. The number of hydrogen-bond acceptors (Lipinski definition) is 7. The third-order valence-corrected chi connectivity index (χ3v) is 11.0. The number of rotatable bonds is 30. The van der Waals surface area contributed by atoms with Crippen molar-refractivity contribution in [3.8, 4) is 0 Å². The number of ether oxygens (including phenoxy) is 3. The molecule has 3 rings (SSSR count). The maximum absolute atomic E-state index is 10.4. The van der Waals surface area contributed by atoms with Gasteiger partial charge in [0.2, 0.25) is 5.51 Å². The Morgan fingerprint density at radius 3 is 1.74 bits per heavy atom. The quantitative estimate of drug-likeness (QED) is 0.0451. The van der Waals surface area contributed by atoms with Crippen LogP contribution >= 0.6 is 11.3 Å². The predicted octanol–water partition coefficient (Wildman–Crippen LogP) is 10.6. The van der Waals surface area contributed by atoms with Crippen molar-refractivity contribution in [2.24, 2.45) is 5.92 Å². The molecule has 0 saturated carbocycles. The maximum atomic E-state index is 10.4. The first-order chi connectivity index (χ1) is 24.4. The van der Waals surface area contributed by atoms with Gasteiger partial charge in [-0.15, -0.1) is 0 Å². The second-order valence-corrected chi connectivity index (χ2v) is 16.4. The minimum absolute atomic E-state index is 0.178. The van der Waals surface area contributed by atoms with Crippen LogP contribution in [0.1, 0.15) is 154 Å². The molecule has 2 aromatic rings. The maximum Gasteiger partial charge on any atom is 0.224 e. The molecule has 1 aromatic heterocycles. The van der Waals surface area contributed by atoms with Gasteiger partial charge in [-0.1, -0.05) is 145 Å². The second kappa shape index (κ2) is 30.1. The van der Waals surface area contributed by atoms with Gasteiger partial charge in [-0.05, 0) is 44.7 Å². The van der Waals surface area contributed by atoms with Crippen LogP contribution in [-0.4, -0.2) is 52.1 Å². The van der Waals surface area contributed by atoms with E-state index in [1.807, 2.05) is 6.92 Å². The van der Waals surface area contributed by atoms with Crippen LogP contribution in [-0.2, 0) is 30.9 Å². The standard InChI is InChI=1S/C34H64NO3S.C7H8O3S/c1-2-3-4-5-6-7-8-9-10-11-12-13-14-15-18-22-26-37-31-34-28-33(30-38-34)29-36-25-21-19-16-17-20-23-35-24-27-39-32-35;1-6-2-4-7(5-3-6)11(8,9)10/h24,27,32-34H,2-23,25-26,28-31H2,1H3;2-5H,1H3,(H,8,9,10)/q+1;/p-1. The summed E-state index contributed by atoms with van der Waals surface area (Å²) in [6.45, 7) is 9.52. The van der Waals surface area contributed by atoms with Crippen LogP contribution in [0, 0.1) is 12.8 Å². The highest BCUT2D eigenvalue weighted by atomic mass is 32.2. The summed E-state index contributed by atoms with van der Waals surface area (Å²) in [6, 6.07) is 5.78. The van der Waals surface area contributed by atoms with E-state index < -0.39 is 10.1 Å². The molecule has 2 heterocycles. The van der Waals surface area contributed by atoms with E-state index in [4.69, 9.17) is 14.2 Å². The third-order valence-electron chi connectivity index (χ3n) is 9.51. The number of aromatic nitrogens is 1. The van der Waals surface area contributed by atoms with Crippen molar-refractivity contribution < 1.29 is 31.7 Å². The highest BCUT2D eigenvalue weighted by molar-refractivity contribution is 7.85. The normalized spacial score (nSPS) is 16.1. The highest BCUT2D eigenvalue weighted by Gasteiger charge is 2.25. The van der Waals surface area contributed by atoms with Gasteiger partial charge in [-0.2, -0.15) is 4.57 Å². The van der Waals surface area contributed by atoms with Gasteiger partial charge in [0.05, 0.1) is 36.2 Å². The molecule has 2 unspecified atom stereocenters. The largest absolute Gasteiger partial charge is 0.744 e. The van der Waals surface area contributed by atoms with Gasteiger partial charge >= 0.3 is 0 Å². The molecule has 288 valence electrons. The first-order valence-corrected chi connectivity index (χ1v) is 22.4. The Labute approximate surface area is 310 Å². The van der Waals surface area contributed by atoms with E-state index in [0.29, 0.717) is 5.92 Å². The molecule has 1 aliphatic heterocycles. The second-order valence-electron chi connectivity index (χ2n) is 14.3. The molecule has 50 heavy (non-hydrogen) atoms. The van der Waals surface area contributed by atoms with Gasteiger partial charge in [-0.3, -0.25) is 0 Å². The Morgan fingerprint density at radius 1 is 0.740 bits per heavy atom. The Balaban J connectivity index is 0.000000666. The number of unbranched alkanes of at least 4 members (excludes halogenated alkanes) is 19. The van der Waals surface area contributed by atoms with Crippen LogP contribution in [0.5, 0.6) is 0 Å². The molecule has 1 saturated heterocycles. The monoisotopic (exact) mass is 737 g/mol. The van der Waals surface area contributed by atoms with E-state index in [0.717, 1.165) is 51.6 Å². The van der Waals surface area contributed by atoms with Crippen molar-refractivity contribution in [1.82, 2.24) is 0 Å². The zero-order chi connectivity index (χ0) is 36.0. The summed E-state index contributed by atoms with van der Waals surface area (Å²) in [5.74, 6) is 0.553. The molecule has 0 bridgehead atoms. The van der Waals surface area contributed by atoms with Crippen molar-refractivity contribution in [3.63, 3.8) is 0 Å². The lowest BCUT2D eigenvalue weighted by atomic mass is 10.0. The summed E-state index contributed by atoms with van der Waals surface area (Å²) in [7, 11) is -4.27. The molecule has 0 spiro atoms. The molecule has 0 aliphatic carbocycles. The van der Waals surface area contributed by atoms with Crippen LogP contribution in [0.15, 0.2) is 46.2 Å². The van der Waals surface area contributed by atoms with Crippen molar-refractivity contribution in [1.29, 1.82) is 0 Å². The summed E-state index contributed by atoms with van der Waals surface area (Å²) in [4.78, 5) is -0.178. The van der Waals surface area contributed by atoms with Crippen LogP contribution in [0.4, 0.5) is 0 Å². The molecule has 9 heteroatoms. The van der Waals surface area contributed by atoms with Gasteiger partial charge in [0.1, 0.15) is 16.7 Å². The lowest BCUT2D eigenvalue weighted by Gasteiger charge is -2.11. The van der Waals surface area contributed by atoms with E-state index in [9.17, 15) is 13.0 Å². The Morgan fingerprint density at radius 2 is 1.24 bits per heavy atom. The zero-order valence-electron chi connectivity index (χ0n) is 31.7. The first kappa shape index (κ1) is 44.8. The molecular formula is C41H71NO6S2. The average Bonchev–Trinajstić information content (AvgIpc) is 3.79. The van der Waals surface area contributed by atoms with E-state index in [-0.39, 0.29) is 11.0 Å². The summed E-state index contributed by atoms with van der Waals surface area (Å²) in [5, 5.41) is 2.14. The average molecular weight is 738 g/mol. The number of benzene rings is 1. The minimum atomic E-state index is -4.27. The molecule has 2 atom stereocenters. The zero-order valence-corrected chi connectivity index (χ0v) is 33.3. The highest BCUT2D eigenvalue weighted by Crippen LogP contribution is 2.21. The Kier molecular flexibility index (Phi) is 27.0. The SMILES string of the molecule is CCCCCCCCCCCCCCCCCCOCC1CC(COCCCCCCC[n+]2ccsc2)CO1.Cc1ccc(S(=O)(=O)[O-])cc1. The van der Waals surface area contributed by atoms with E-state index in [1.165, 1.54) is 147 Å². The summed E-state index contributed by atoms with van der Waals surface area (Å²) in [6.07, 6.45) is 32.5. The number of hydrogen-bond donors (Lipinski definition) is 0. The Hall–Kier alpha value is -1.36. The van der Waals surface area contributed by atoms with Gasteiger partial charge in [0, 0.05) is 25.6 Å². The van der Waals surface area contributed by atoms with E-state index >= 15 is 0 Å². The first-order valence-electron chi connectivity index (χ1n) is 20.1. The summed E-state index contributed by atoms with van der Waals surface area (Å²) >= 11 is 1.77. The molecular weight excluding hydrogens is 667 g/mol. The topological polar surface area (TPSA) is 88.8 Å². The number of aryl methyl sites for hydroxylation is 2. The van der Waals surface area contributed by atoms with Crippen LogP contribution in [0.25, 0.3) is 0 Å². The third kappa shape index (κ3) is 24.8. The van der Waals surface area contributed by atoms with Crippen LogP contribution in [0.2, 0.25) is 0 Å². The van der Waals surface area contributed by atoms with Crippen molar-refractivity contribution in [2.45, 2.75) is 173 Å². The van der Waals surface area contributed by atoms with Crippen LogP contribution in [0.3, 0.4) is 0 Å².